The van der Waals surface area contributed by atoms with E-state index in [0.717, 1.165) is 29.7 Å². The van der Waals surface area contributed by atoms with E-state index in [1.54, 1.807) is 19.2 Å². The van der Waals surface area contributed by atoms with Crippen molar-refractivity contribution >= 4 is 11.6 Å². The molecule has 21 heavy (non-hydrogen) atoms. The number of ether oxygens (including phenoxy) is 1. The number of hydrogen-bond donors (Lipinski definition) is 1. The molecule has 0 amide bonds. The van der Waals surface area contributed by atoms with E-state index >= 15 is 0 Å². The first kappa shape index (κ1) is 14.4. The molecule has 0 saturated carbocycles. The summed E-state index contributed by atoms with van der Waals surface area (Å²) in [5.41, 5.74) is 8.37. The maximum absolute atomic E-state index is 14.4. The van der Waals surface area contributed by atoms with Gasteiger partial charge in [0.1, 0.15) is 11.6 Å². The zero-order valence-electron chi connectivity index (χ0n) is 11.8. The molecule has 1 atom stereocenters. The van der Waals surface area contributed by atoms with E-state index in [1.807, 2.05) is 18.2 Å². The Labute approximate surface area is 128 Å². The highest BCUT2D eigenvalue weighted by Gasteiger charge is 2.36. The van der Waals surface area contributed by atoms with Crippen molar-refractivity contribution in [3.8, 4) is 5.75 Å². The van der Waals surface area contributed by atoms with Gasteiger partial charge in [-0.1, -0.05) is 23.7 Å². The predicted octanol–water partition coefficient (Wildman–Crippen LogP) is 4.03. The Kier molecular flexibility index (Phi) is 3.64. The summed E-state index contributed by atoms with van der Waals surface area (Å²) in [5.74, 6) is 0.375. The minimum atomic E-state index is -0.837. The van der Waals surface area contributed by atoms with Crippen molar-refractivity contribution in [3.05, 3.63) is 63.9 Å². The van der Waals surface area contributed by atoms with Crippen molar-refractivity contribution < 1.29 is 9.13 Å². The lowest BCUT2D eigenvalue weighted by Gasteiger charge is -2.36. The SMILES string of the molecule is COc1ccc2c(c1)C(N)(c1ccc(Cl)cc1F)CCC2. The molecule has 0 aliphatic heterocycles. The van der Waals surface area contributed by atoms with E-state index in [-0.39, 0.29) is 5.82 Å². The van der Waals surface area contributed by atoms with Crippen LogP contribution in [-0.4, -0.2) is 7.11 Å². The number of rotatable bonds is 2. The second kappa shape index (κ2) is 5.32. The Bertz CT molecular complexity index is 688. The van der Waals surface area contributed by atoms with Crippen LogP contribution in [-0.2, 0) is 12.0 Å². The van der Waals surface area contributed by atoms with E-state index in [0.29, 0.717) is 17.0 Å². The van der Waals surface area contributed by atoms with Gasteiger partial charge in [-0.15, -0.1) is 0 Å². The fourth-order valence-corrected chi connectivity index (χ4v) is 3.30. The van der Waals surface area contributed by atoms with E-state index in [4.69, 9.17) is 22.1 Å². The number of hydrogen-bond acceptors (Lipinski definition) is 2. The molecule has 0 aromatic heterocycles. The third-order valence-electron chi connectivity index (χ3n) is 4.23. The van der Waals surface area contributed by atoms with Gasteiger partial charge in [-0.2, -0.15) is 0 Å². The van der Waals surface area contributed by atoms with Crippen LogP contribution in [0, 0.1) is 5.82 Å². The maximum Gasteiger partial charge on any atom is 0.130 e. The van der Waals surface area contributed by atoms with Crippen LogP contribution in [0.5, 0.6) is 5.75 Å². The summed E-state index contributed by atoms with van der Waals surface area (Å²) in [5, 5.41) is 0.376. The molecular weight excluding hydrogens is 289 g/mol. The smallest absolute Gasteiger partial charge is 0.130 e. The van der Waals surface area contributed by atoms with Crippen LogP contribution in [0.4, 0.5) is 4.39 Å². The molecule has 110 valence electrons. The van der Waals surface area contributed by atoms with Gasteiger partial charge in [-0.25, -0.2) is 4.39 Å². The highest BCUT2D eigenvalue weighted by Crippen LogP contribution is 2.41. The fourth-order valence-electron chi connectivity index (χ4n) is 3.14. The van der Waals surface area contributed by atoms with E-state index in [2.05, 4.69) is 0 Å². The third kappa shape index (κ3) is 2.41. The largest absolute Gasteiger partial charge is 0.497 e. The molecule has 4 heteroatoms. The van der Waals surface area contributed by atoms with Crippen LogP contribution < -0.4 is 10.5 Å². The van der Waals surface area contributed by atoms with Crippen molar-refractivity contribution in [2.45, 2.75) is 24.8 Å². The van der Waals surface area contributed by atoms with Crippen LogP contribution >= 0.6 is 11.6 Å². The first-order valence-corrected chi connectivity index (χ1v) is 7.34. The first-order chi connectivity index (χ1) is 10.0. The Balaban J connectivity index is 2.18. The zero-order chi connectivity index (χ0) is 15.0. The average molecular weight is 306 g/mol. The van der Waals surface area contributed by atoms with Crippen molar-refractivity contribution in [1.29, 1.82) is 0 Å². The zero-order valence-corrected chi connectivity index (χ0v) is 12.6. The summed E-state index contributed by atoms with van der Waals surface area (Å²) in [6.07, 6.45) is 2.58. The minimum absolute atomic E-state index is 0.360. The molecule has 1 aliphatic rings. The van der Waals surface area contributed by atoms with E-state index in [9.17, 15) is 4.39 Å². The van der Waals surface area contributed by atoms with Gasteiger partial charge in [0.05, 0.1) is 12.6 Å². The molecule has 3 rings (SSSR count). The maximum atomic E-state index is 14.4. The number of nitrogens with two attached hydrogens (primary N) is 1. The van der Waals surface area contributed by atoms with Crippen molar-refractivity contribution in [2.75, 3.05) is 7.11 Å². The number of methoxy groups -OCH3 is 1. The van der Waals surface area contributed by atoms with Gasteiger partial charge >= 0.3 is 0 Å². The fraction of sp³-hybridized carbons (Fsp3) is 0.294. The molecule has 0 saturated heterocycles. The van der Waals surface area contributed by atoms with Gasteiger partial charge < -0.3 is 10.5 Å². The van der Waals surface area contributed by atoms with Crippen molar-refractivity contribution in [2.24, 2.45) is 5.73 Å². The topological polar surface area (TPSA) is 35.2 Å². The van der Waals surface area contributed by atoms with Gasteiger partial charge in [0.15, 0.2) is 0 Å². The molecule has 0 bridgehead atoms. The van der Waals surface area contributed by atoms with Gasteiger partial charge in [0, 0.05) is 10.6 Å². The molecule has 0 heterocycles. The molecule has 2 aromatic rings. The second-order valence-corrected chi connectivity index (χ2v) is 5.91. The Morgan fingerprint density at radius 3 is 2.71 bits per heavy atom. The second-order valence-electron chi connectivity index (χ2n) is 5.47. The van der Waals surface area contributed by atoms with Gasteiger partial charge in [0.25, 0.3) is 0 Å². The molecule has 1 aliphatic carbocycles. The molecule has 0 fully saturated rings. The minimum Gasteiger partial charge on any atom is -0.497 e. The lowest BCUT2D eigenvalue weighted by Crippen LogP contribution is -2.42. The lowest BCUT2D eigenvalue weighted by atomic mass is 9.73. The summed E-state index contributed by atoms with van der Waals surface area (Å²) >= 11 is 5.85. The standard InChI is InChI=1S/C17H17ClFNO/c1-21-13-6-4-11-3-2-8-17(20,15(11)10-13)14-7-5-12(18)9-16(14)19/h4-7,9-10H,2-3,8,20H2,1H3. The molecule has 2 nitrogen and oxygen atoms in total. The van der Waals surface area contributed by atoms with Crippen LogP contribution in [0.15, 0.2) is 36.4 Å². The summed E-state index contributed by atoms with van der Waals surface area (Å²) in [6, 6.07) is 10.5. The van der Waals surface area contributed by atoms with Gasteiger partial charge in [-0.05, 0) is 54.7 Å². The summed E-state index contributed by atoms with van der Waals surface area (Å²) in [7, 11) is 1.62. The van der Waals surface area contributed by atoms with E-state index in [1.165, 1.54) is 6.07 Å². The summed E-state index contributed by atoms with van der Waals surface area (Å²) in [4.78, 5) is 0. The summed E-state index contributed by atoms with van der Waals surface area (Å²) in [6.45, 7) is 0. The predicted molar refractivity (Wildman–Crippen MR) is 82.3 cm³/mol. The van der Waals surface area contributed by atoms with Crippen LogP contribution in [0.2, 0.25) is 5.02 Å². The highest BCUT2D eigenvalue weighted by molar-refractivity contribution is 6.30. The number of benzene rings is 2. The van der Waals surface area contributed by atoms with Crippen LogP contribution in [0.1, 0.15) is 29.5 Å². The molecule has 1 unspecified atom stereocenters. The van der Waals surface area contributed by atoms with Gasteiger partial charge in [-0.3, -0.25) is 0 Å². The third-order valence-corrected chi connectivity index (χ3v) is 4.46. The Morgan fingerprint density at radius 2 is 2.00 bits per heavy atom. The highest BCUT2D eigenvalue weighted by atomic mass is 35.5. The number of halogens is 2. The lowest BCUT2D eigenvalue weighted by molar-refractivity contribution is 0.399. The first-order valence-electron chi connectivity index (χ1n) is 6.96. The monoisotopic (exact) mass is 305 g/mol. The van der Waals surface area contributed by atoms with Crippen LogP contribution in [0.3, 0.4) is 0 Å². The number of fused-ring (bicyclic) bond motifs is 1. The number of aryl methyl sites for hydroxylation is 1. The Hall–Kier alpha value is -1.58. The summed E-state index contributed by atoms with van der Waals surface area (Å²) < 4.78 is 19.6. The molecule has 2 aromatic carbocycles. The van der Waals surface area contributed by atoms with Gasteiger partial charge in [0.2, 0.25) is 0 Å². The molecule has 2 N–H and O–H groups in total. The van der Waals surface area contributed by atoms with Crippen LogP contribution in [0.25, 0.3) is 0 Å². The van der Waals surface area contributed by atoms with Crippen molar-refractivity contribution in [1.82, 2.24) is 0 Å². The van der Waals surface area contributed by atoms with Crippen molar-refractivity contribution in [3.63, 3.8) is 0 Å². The quantitative estimate of drug-likeness (QED) is 0.909. The Morgan fingerprint density at radius 1 is 1.19 bits per heavy atom. The molecular formula is C17H17ClFNO. The van der Waals surface area contributed by atoms with E-state index < -0.39 is 5.54 Å². The average Bonchev–Trinajstić information content (AvgIpc) is 2.47. The molecule has 0 radical (unpaired) electrons. The normalized spacial score (nSPS) is 21.0. The molecule has 0 spiro atoms.